The molecule has 1 N–H and O–H groups in total. The molecular formula is C16H22F3NO. The molecule has 0 aliphatic heterocycles. The minimum absolute atomic E-state index is 0.0569. The quantitative estimate of drug-likeness (QED) is 0.886. The third-order valence-corrected chi connectivity index (χ3v) is 3.83. The maximum atomic E-state index is 12.3. The highest BCUT2D eigenvalue weighted by molar-refractivity contribution is 5.32. The van der Waals surface area contributed by atoms with Crippen LogP contribution in [0.2, 0.25) is 0 Å². The highest BCUT2D eigenvalue weighted by Gasteiger charge is 2.34. The Morgan fingerprint density at radius 1 is 1.19 bits per heavy atom. The van der Waals surface area contributed by atoms with Gasteiger partial charge in [-0.3, -0.25) is 0 Å². The Kier molecular flexibility index (Phi) is 4.51. The Bertz CT molecular complexity index is 479. The molecule has 0 amide bonds. The van der Waals surface area contributed by atoms with E-state index in [4.69, 9.17) is 0 Å². The molecule has 0 aromatic heterocycles. The number of rotatable bonds is 4. The summed E-state index contributed by atoms with van der Waals surface area (Å²) in [4.78, 5) is 0. The lowest BCUT2D eigenvalue weighted by molar-refractivity contribution is -0.274. The molecule has 5 heteroatoms. The zero-order valence-electron chi connectivity index (χ0n) is 12.6. The van der Waals surface area contributed by atoms with Gasteiger partial charge < -0.3 is 10.1 Å². The molecule has 0 spiro atoms. The lowest BCUT2D eigenvalue weighted by atomic mass is 9.70. The molecule has 21 heavy (non-hydrogen) atoms. The van der Waals surface area contributed by atoms with E-state index in [1.54, 1.807) is 6.07 Å². The van der Waals surface area contributed by atoms with Gasteiger partial charge in [-0.25, -0.2) is 0 Å². The average Bonchev–Trinajstić information content (AvgIpc) is 2.23. The first-order chi connectivity index (χ1) is 9.64. The number of hydrogen-bond donors (Lipinski definition) is 1. The normalized spacial score (nSPS) is 22.8. The van der Waals surface area contributed by atoms with Crippen molar-refractivity contribution in [1.82, 2.24) is 5.32 Å². The van der Waals surface area contributed by atoms with Crippen LogP contribution in [0.15, 0.2) is 24.3 Å². The summed E-state index contributed by atoms with van der Waals surface area (Å²) in [7, 11) is 0. The summed E-state index contributed by atoms with van der Waals surface area (Å²) in [5.41, 5.74) is 0.991. The van der Waals surface area contributed by atoms with E-state index in [9.17, 15) is 13.2 Å². The fourth-order valence-electron chi connectivity index (χ4n) is 2.63. The minimum atomic E-state index is -4.63. The number of alkyl halides is 3. The summed E-state index contributed by atoms with van der Waals surface area (Å²) >= 11 is 0. The van der Waals surface area contributed by atoms with Crippen molar-refractivity contribution in [3.63, 3.8) is 0 Å². The number of benzene rings is 1. The van der Waals surface area contributed by atoms with Crippen LogP contribution < -0.4 is 10.1 Å². The highest BCUT2D eigenvalue weighted by Crippen LogP contribution is 2.43. The molecule has 2 unspecified atom stereocenters. The van der Waals surface area contributed by atoms with E-state index in [0.717, 1.165) is 24.9 Å². The lowest BCUT2D eigenvalue weighted by Crippen LogP contribution is -2.42. The van der Waals surface area contributed by atoms with Crippen LogP contribution in [-0.4, -0.2) is 18.4 Å². The first kappa shape index (κ1) is 16.1. The molecule has 1 fully saturated rings. The Hall–Kier alpha value is -1.23. The van der Waals surface area contributed by atoms with Crippen LogP contribution in [0.1, 0.15) is 45.1 Å². The van der Waals surface area contributed by atoms with Crippen molar-refractivity contribution in [3.05, 3.63) is 29.8 Å². The predicted octanol–water partition coefficient (Wildman–Crippen LogP) is 4.47. The van der Waals surface area contributed by atoms with E-state index < -0.39 is 6.36 Å². The van der Waals surface area contributed by atoms with Crippen LogP contribution in [0.4, 0.5) is 13.2 Å². The molecule has 2 atom stereocenters. The first-order valence-corrected chi connectivity index (χ1v) is 7.25. The van der Waals surface area contributed by atoms with E-state index in [1.807, 2.05) is 6.07 Å². The van der Waals surface area contributed by atoms with Crippen molar-refractivity contribution in [3.8, 4) is 5.75 Å². The van der Waals surface area contributed by atoms with Gasteiger partial charge >= 0.3 is 6.36 Å². The maximum Gasteiger partial charge on any atom is 0.573 e. The zero-order chi connectivity index (χ0) is 15.7. The minimum Gasteiger partial charge on any atom is -0.406 e. The Morgan fingerprint density at radius 2 is 1.90 bits per heavy atom. The number of ether oxygens (including phenoxy) is 1. The van der Waals surface area contributed by atoms with E-state index in [0.29, 0.717) is 11.8 Å². The standard InChI is InChI=1S/C16H22F3NO/c1-15(2,3)20-10-12-7-8-14(12)11-5-4-6-13(9-11)21-16(17,18)19/h4-6,9,12,14,20H,7-8,10H2,1-3H3. The molecule has 1 aliphatic carbocycles. The molecule has 0 saturated heterocycles. The summed E-state index contributed by atoms with van der Waals surface area (Å²) < 4.78 is 40.8. The van der Waals surface area contributed by atoms with Gasteiger partial charge in [0.25, 0.3) is 0 Å². The molecule has 1 aromatic rings. The predicted molar refractivity (Wildman–Crippen MR) is 76.3 cm³/mol. The van der Waals surface area contributed by atoms with Crippen molar-refractivity contribution >= 4 is 0 Å². The van der Waals surface area contributed by atoms with Crippen LogP contribution in [0, 0.1) is 5.92 Å². The number of halogens is 3. The monoisotopic (exact) mass is 301 g/mol. The van der Waals surface area contributed by atoms with Gasteiger partial charge in [0.2, 0.25) is 0 Å². The molecule has 0 bridgehead atoms. The first-order valence-electron chi connectivity index (χ1n) is 7.25. The van der Waals surface area contributed by atoms with Crippen molar-refractivity contribution in [2.75, 3.05) is 6.54 Å². The van der Waals surface area contributed by atoms with Gasteiger partial charge in [0, 0.05) is 5.54 Å². The number of nitrogens with one attached hydrogen (secondary N) is 1. The smallest absolute Gasteiger partial charge is 0.406 e. The molecule has 0 heterocycles. The molecule has 0 radical (unpaired) electrons. The van der Waals surface area contributed by atoms with Crippen LogP contribution in [-0.2, 0) is 0 Å². The van der Waals surface area contributed by atoms with Gasteiger partial charge in [-0.2, -0.15) is 0 Å². The van der Waals surface area contributed by atoms with Crippen molar-refractivity contribution in [1.29, 1.82) is 0 Å². The Morgan fingerprint density at radius 3 is 2.43 bits per heavy atom. The van der Waals surface area contributed by atoms with Gasteiger partial charge in [0.05, 0.1) is 0 Å². The molecule has 118 valence electrons. The van der Waals surface area contributed by atoms with Crippen LogP contribution in [0.25, 0.3) is 0 Å². The van der Waals surface area contributed by atoms with E-state index in [1.165, 1.54) is 12.1 Å². The highest BCUT2D eigenvalue weighted by atomic mass is 19.4. The Balaban J connectivity index is 2.00. The van der Waals surface area contributed by atoms with Gasteiger partial charge in [-0.05, 0) is 69.7 Å². The van der Waals surface area contributed by atoms with Gasteiger partial charge in [-0.15, -0.1) is 13.2 Å². The summed E-state index contributed by atoms with van der Waals surface area (Å²) in [5.74, 6) is 0.663. The van der Waals surface area contributed by atoms with E-state index in [-0.39, 0.29) is 11.3 Å². The summed E-state index contributed by atoms with van der Waals surface area (Å²) in [6.45, 7) is 7.22. The molecule has 1 aliphatic rings. The largest absolute Gasteiger partial charge is 0.573 e. The number of hydrogen-bond acceptors (Lipinski definition) is 2. The molecule has 1 saturated carbocycles. The summed E-state index contributed by atoms with van der Waals surface area (Å²) in [6, 6.07) is 6.37. The molecule has 1 aromatic carbocycles. The lowest BCUT2D eigenvalue weighted by Gasteiger charge is -2.39. The summed E-state index contributed by atoms with van der Waals surface area (Å²) in [5, 5.41) is 3.47. The van der Waals surface area contributed by atoms with Crippen molar-refractivity contribution in [2.24, 2.45) is 5.92 Å². The fraction of sp³-hybridized carbons (Fsp3) is 0.625. The van der Waals surface area contributed by atoms with E-state index in [2.05, 4.69) is 30.8 Å². The maximum absolute atomic E-state index is 12.3. The van der Waals surface area contributed by atoms with E-state index >= 15 is 0 Å². The van der Waals surface area contributed by atoms with Crippen LogP contribution in [0.3, 0.4) is 0 Å². The van der Waals surface area contributed by atoms with Crippen molar-refractivity contribution < 1.29 is 17.9 Å². The van der Waals surface area contributed by atoms with Gasteiger partial charge in [0.1, 0.15) is 5.75 Å². The fourth-order valence-corrected chi connectivity index (χ4v) is 2.63. The topological polar surface area (TPSA) is 21.3 Å². The van der Waals surface area contributed by atoms with Crippen LogP contribution in [0.5, 0.6) is 5.75 Å². The third kappa shape index (κ3) is 4.92. The van der Waals surface area contributed by atoms with Crippen molar-refractivity contribution in [2.45, 2.75) is 51.4 Å². The van der Waals surface area contributed by atoms with Crippen LogP contribution >= 0.6 is 0 Å². The zero-order valence-corrected chi connectivity index (χ0v) is 12.6. The second-order valence-electron chi connectivity index (χ2n) is 6.70. The average molecular weight is 301 g/mol. The molecule has 2 nitrogen and oxygen atoms in total. The van der Waals surface area contributed by atoms with Gasteiger partial charge in [0.15, 0.2) is 0 Å². The SMILES string of the molecule is CC(C)(C)NCC1CCC1c1cccc(OC(F)(F)F)c1. The third-order valence-electron chi connectivity index (χ3n) is 3.83. The second-order valence-corrected chi connectivity index (χ2v) is 6.70. The summed E-state index contributed by atoms with van der Waals surface area (Å²) in [6.07, 6.45) is -2.50. The second kappa shape index (κ2) is 5.87. The van der Waals surface area contributed by atoms with Gasteiger partial charge in [-0.1, -0.05) is 12.1 Å². The Labute approximate surface area is 123 Å². The molecular weight excluding hydrogens is 279 g/mol. The molecule has 2 rings (SSSR count).